The van der Waals surface area contributed by atoms with Crippen molar-refractivity contribution in [2.24, 2.45) is 0 Å². The van der Waals surface area contributed by atoms with E-state index in [4.69, 9.17) is 59.8 Å². The molecule has 10 heterocycles. The van der Waals surface area contributed by atoms with E-state index in [-0.39, 0.29) is 25.8 Å². The van der Waals surface area contributed by atoms with Crippen LogP contribution in [0.1, 0.15) is 0 Å². The molecule has 378 valence electrons. The monoisotopic (exact) mass is 1150 g/mol. The number of aromatic nitrogens is 16. The van der Waals surface area contributed by atoms with Crippen LogP contribution in [0.3, 0.4) is 0 Å². The van der Waals surface area contributed by atoms with Crippen LogP contribution in [0, 0.1) is 0 Å². The molecule has 0 amide bonds. The molecule has 81 heavy (non-hydrogen) atoms. The Morgan fingerprint density at radius 2 is 0.284 bits per heavy atom. The van der Waals surface area contributed by atoms with Crippen molar-refractivity contribution in [1.29, 1.82) is 0 Å². The summed E-state index contributed by atoms with van der Waals surface area (Å²) in [6.45, 7) is 0. The number of hydrogen-bond donors (Lipinski definition) is 4. The zero-order valence-electron chi connectivity index (χ0n) is 41.8. The number of fused-ring (bicyclic) bond motifs is 40. The summed E-state index contributed by atoms with van der Waals surface area (Å²) in [7, 11) is 0. The van der Waals surface area contributed by atoms with Crippen LogP contribution in [0.25, 0.3) is 179 Å². The molecule has 8 aromatic carbocycles. The Balaban J connectivity index is 0.000000132. The summed E-state index contributed by atoms with van der Waals surface area (Å²) >= 11 is 0. The minimum absolute atomic E-state index is 0. The first-order valence-corrected chi connectivity index (χ1v) is 26.0. The molecule has 0 saturated carbocycles. The van der Waals surface area contributed by atoms with Gasteiger partial charge in [0.05, 0.1) is 0 Å². The molecule has 0 atom stereocenters. The van der Waals surface area contributed by atoms with E-state index >= 15 is 0 Å². The Hall–Kier alpha value is -10.6. The number of aromatic amines is 4. The number of hydrogen-bond acceptors (Lipinski definition) is 12. The van der Waals surface area contributed by atoms with E-state index in [9.17, 15) is 0 Å². The third-order valence-electron chi connectivity index (χ3n) is 14.9. The van der Waals surface area contributed by atoms with E-state index in [1.807, 2.05) is 194 Å². The van der Waals surface area contributed by atoms with Crippen LogP contribution in [0.4, 0.5) is 0 Å². The van der Waals surface area contributed by atoms with Crippen LogP contribution in [-0.4, -0.2) is 106 Å². The number of rotatable bonds is 0. The third kappa shape index (κ3) is 7.46. The van der Waals surface area contributed by atoms with Crippen molar-refractivity contribution < 1.29 is 0 Å². The standard InChI is InChI=1S/2C32H18N8.In.3H/c2*1-2-10-18-17(9-1)25-33-26(18)38-28-21-13-5-6-14-22(21)30(35-28)40-32-24-16-8-7-15-23(24)31(36-32)39-29-20-12-4-3-11-19(20)27(34-29)37-25;;;;/h2*1-16H,(H2,33,34,35,36,37,38,39,40);;;;. The molecule has 17 heteroatoms. The fourth-order valence-corrected chi connectivity index (χ4v) is 11.2. The maximum atomic E-state index is 5.02. The fraction of sp³-hybridized carbons (Fsp3) is 0. The van der Waals surface area contributed by atoms with Crippen LogP contribution in [0.2, 0.25) is 0 Å². The van der Waals surface area contributed by atoms with Gasteiger partial charge in [-0.25, -0.2) is 59.8 Å². The quantitative estimate of drug-likeness (QED) is 0.111. The topological polar surface area (TPSA) is 218 Å². The Labute approximate surface area is 476 Å². The molecule has 18 rings (SSSR count). The molecular weight excluding hydrogens is 1110 g/mol. The van der Waals surface area contributed by atoms with Crippen molar-refractivity contribution in [1.82, 2.24) is 79.7 Å². The van der Waals surface area contributed by atoms with Gasteiger partial charge in [-0.05, 0) is 0 Å². The second-order valence-electron chi connectivity index (χ2n) is 19.6. The first kappa shape index (κ1) is 46.4. The van der Waals surface area contributed by atoms with Gasteiger partial charge in [-0.15, -0.1) is 0 Å². The summed E-state index contributed by atoms with van der Waals surface area (Å²) in [6, 6.07) is 64.5. The Bertz CT molecular complexity index is 4390. The maximum Gasteiger partial charge on any atom is 0.164 e. The van der Waals surface area contributed by atoms with Crippen molar-refractivity contribution in [3.8, 4) is 91.1 Å². The zero-order chi connectivity index (χ0) is 52.4. The van der Waals surface area contributed by atoms with Gasteiger partial charge in [0.2, 0.25) is 0 Å². The first-order chi connectivity index (χ1) is 39.6. The Morgan fingerprint density at radius 3 is 0.420 bits per heavy atom. The molecule has 0 aliphatic carbocycles. The van der Waals surface area contributed by atoms with E-state index in [0.29, 0.717) is 91.8 Å². The molecule has 6 aromatic heterocycles. The summed E-state index contributed by atoms with van der Waals surface area (Å²) in [5.41, 5.74) is 12.9. The summed E-state index contributed by atoms with van der Waals surface area (Å²) in [5, 5.41) is 7.64. The van der Waals surface area contributed by atoms with Gasteiger partial charge in [0.1, 0.15) is 45.2 Å². The number of nitrogens with zero attached hydrogens (tertiary/aromatic N) is 12. The van der Waals surface area contributed by atoms with Gasteiger partial charge in [-0.2, -0.15) is 0 Å². The third-order valence-corrected chi connectivity index (χ3v) is 14.9. The summed E-state index contributed by atoms with van der Waals surface area (Å²) in [5.74, 6) is 4.78. The van der Waals surface area contributed by atoms with E-state index < -0.39 is 0 Å². The zero-order valence-corrected chi connectivity index (χ0v) is 41.8. The van der Waals surface area contributed by atoms with Crippen molar-refractivity contribution in [2.45, 2.75) is 0 Å². The average Bonchev–Trinajstić information content (AvgIpc) is 4.53. The van der Waals surface area contributed by atoms with Gasteiger partial charge < -0.3 is 19.9 Å². The van der Waals surface area contributed by atoms with Crippen molar-refractivity contribution >= 4 is 114 Å². The van der Waals surface area contributed by atoms with E-state index in [0.717, 1.165) is 87.6 Å². The van der Waals surface area contributed by atoms with Crippen LogP contribution in [-0.2, 0) is 0 Å². The van der Waals surface area contributed by atoms with Crippen molar-refractivity contribution in [2.75, 3.05) is 0 Å². The molecule has 16 bridgehead atoms. The van der Waals surface area contributed by atoms with Gasteiger partial charge in [-0.3, -0.25) is 0 Å². The van der Waals surface area contributed by atoms with E-state index in [2.05, 4.69) is 19.9 Å². The second-order valence-corrected chi connectivity index (χ2v) is 19.6. The van der Waals surface area contributed by atoms with Gasteiger partial charge in [0.15, 0.2) is 46.6 Å². The minimum atomic E-state index is 0. The molecule has 4 aliphatic heterocycles. The molecule has 4 aliphatic rings. The van der Waals surface area contributed by atoms with Gasteiger partial charge >= 0.3 is 25.8 Å². The summed E-state index contributed by atoms with van der Waals surface area (Å²) < 4.78 is 0. The molecule has 0 unspecified atom stereocenters. The number of H-pyrrole nitrogens is 4. The molecule has 0 fully saturated rings. The molecular formula is C64H39InN16. The van der Waals surface area contributed by atoms with Crippen molar-refractivity contribution in [3.63, 3.8) is 0 Å². The smallest absolute Gasteiger partial charge is 0.164 e. The largest absolute Gasteiger partial charge is 0.324 e. The molecule has 0 spiro atoms. The predicted octanol–water partition coefficient (Wildman–Crippen LogP) is 12.6. The number of nitrogens with one attached hydrogen (secondary N) is 4. The predicted molar refractivity (Wildman–Crippen MR) is 322 cm³/mol. The Morgan fingerprint density at radius 1 is 0.160 bits per heavy atom. The van der Waals surface area contributed by atoms with Crippen molar-refractivity contribution in [3.05, 3.63) is 194 Å². The summed E-state index contributed by atoms with van der Waals surface area (Å²) in [4.78, 5) is 73.5. The van der Waals surface area contributed by atoms with Crippen LogP contribution in [0.15, 0.2) is 194 Å². The normalized spacial score (nSPS) is 11.9. The van der Waals surface area contributed by atoms with Gasteiger partial charge in [0, 0.05) is 87.6 Å². The molecule has 0 radical (unpaired) electrons. The molecule has 16 nitrogen and oxygen atoms in total. The SMILES string of the molecule is [InH3].c1ccc2c(c1)-c1nc-2nc2[nH]c(nc3nc(nc4[nH]c(n1)c1ccccc41)-c1ccccc1-3)c1ccccc21.c1ccc2c(c1)-c1nc-2nc2[nH]c(nc3nc(nc4[nH]c(n1)c1ccccc41)-c1ccccc1-3)c1ccccc21. The van der Waals surface area contributed by atoms with Crippen LogP contribution < -0.4 is 0 Å². The first-order valence-electron chi connectivity index (χ1n) is 26.0. The Kier molecular flexibility index (Phi) is 10.4. The van der Waals surface area contributed by atoms with Crippen LogP contribution >= 0.6 is 0 Å². The minimum Gasteiger partial charge on any atom is -0.324 e. The fourth-order valence-electron chi connectivity index (χ4n) is 11.2. The van der Waals surface area contributed by atoms with Crippen LogP contribution in [0.5, 0.6) is 0 Å². The number of benzene rings is 8. The average molecular weight is 1150 g/mol. The van der Waals surface area contributed by atoms with E-state index in [1.54, 1.807) is 0 Å². The maximum absolute atomic E-state index is 5.02. The molecule has 4 N–H and O–H groups in total. The van der Waals surface area contributed by atoms with E-state index in [1.165, 1.54) is 0 Å². The van der Waals surface area contributed by atoms with Gasteiger partial charge in [-0.1, -0.05) is 194 Å². The molecule has 14 aromatic rings. The second kappa shape index (κ2) is 18.2. The summed E-state index contributed by atoms with van der Waals surface area (Å²) in [6.07, 6.45) is 0. The van der Waals surface area contributed by atoms with Gasteiger partial charge in [0.25, 0.3) is 0 Å². The molecule has 0 saturated heterocycles.